The van der Waals surface area contributed by atoms with Crippen molar-refractivity contribution in [2.45, 2.75) is 75.2 Å². The molecule has 1 spiro atoms. The molecule has 1 amide bonds. The number of carbonyl (C=O) groups is 1. The van der Waals surface area contributed by atoms with Gasteiger partial charge in [0, 0.05) is 36.2 Å². The van der Waals surface area contributed by atoms with Crippen molar-refractivity contribution >= 4 is 33.2 Å². The van der Waals surface area contributed by atoms with E-state index in [0.717, 1.165) is 42.8 Å². The summed E-state index contributed by atoms with van der Waals surface area (Å²) in [7, 11) is -2.63. The molecule has 8 nitrogen and oxygen atoms in total. The lowest BCUT2D eigenvalue weighted by molar-refractivity contribution is 0.0450. The lowest BCUT2D eigenvalue weighted by Gasteiger charge is -2.45. The van der Waals surface area contributed by atoms with Crippen molar-refractivity contribution in [3.63, 3.8) is 0 Å². The minimum atomic E-state index is -4.11. The van der Waals surface area contributed by atoms with Crippen LogP contribution in [0.15, 0.2) is 48.6 Å². The number of sulfonamides is 1. The number of carbonyl (C=O) groups excluding carboxylic acids is 1. The second-order valence-electron chi connectivity index (χ2n) is 13.4. The van der Waals surface area contributed by atoms with Crippen LogP contribution in [0.25, 0.3) is 0 Å². The maximum Gasteiger partial charge on any atom is 0.264 e. The first-order valence-corrected chi connectivity index (χ1v) is 17.7. The standard InChI is InChI=1S/C34H43ClN2O6S/c1-21(2)32-31(42-3)8-4-7-29(38)26-12-9-24(26)18-37-19-34(15-5-6-22-16-25(35)11-13-27(22)34)20-43-30-14-10-23(17-28(30)37)33(39)36-44(32,40)41/h4,7,10-11,13-14,16-17,21,24,26,29,31-32,38H,5-6,8-9,12,15,18-20H2,1-3H3,(H,36,39)/b7-4+/t24-,26?,29-,31+,32-,34-/m0/s1. The molecular formula is C34H43ClN2O6S. The second kappa shape index (κ2) is 12.3. The minimum absolute atomic E-state index is 0.0808. The molecule has 238 valence electrons. The molecule has 1 saturated carbocycles. The van der Waals surface area contributed by atoms with Crippen molar-refractivity contribution in [2.24, 2.45) is 17.8 Å². The van der Waals surface area contributed by atoms with Gasteiger partial charge >= 0.3 is 0 Å². The number of ether oxygens (including phenoxy) is 2. The van der Waals surface area contributed by atoms with E-state index in [1.807, 2.05) is 12.1 Å². The molecule has 6 rings (SSSR count). The van der Waals surface area contributed by atoms with Gasteiger partial charge in [-0.25, -0.2) is 13.1 Å². The van der Waals surface area contributed by atoms with Crippen LogP contribution in [0, 0.1) is 17.8 Å². The number of aliphatic hydroxyl groups is 1. The smallest absolute Gasteiger partial charge is 0.264 e. The van der Waals surface area contributed by atoms with Crippen molar-refractivity contribution in [3.05, 3.63) is 70.3 Å². The summed E-state index contributed by atoms with van der Waals surface area (Å²) in [6, 6.07) is 11.3. The number of benzene rings is 2. The normalized spacial score (nSPS) is 32.5. The number of methoxy groups -OCH3 is 1. The highest BCUT2D eigenvalue weighted by Crippen LogP contribution is 2.46. The van der Waals surface area contributed by atoms with Crippen LogP contribution in [0.2, 0.25) is 5.02 Å². The first kappa shape index (κ1) is 31.4. The van der Waals surface area contributed by atoms with Crippen molar-refractivity contribution in [2.75, 3.05) is 31.7 Å². The fourth-order valence-corrected chi connectivity index (χ4v) is 9.96. The van der Waals surface area contributed by atoms with E-state index < -0.39 is 33.4 Å². The lowest BCUT2D eigenvalue weighted by Crippen LogP contribution is -2.49. The Morgan fingerprint density at radius 1 is 1.18 bits per heavy atom. The number of fused-ring (bicyclic) bond motifs is 4. The van der Waals surface area contributed by atoms with Crippen LogP contribution in [-0.4, -0.2) is 63.7 Å². The number of aliphatic hydroxyl groups excluding tert-OH is 1. The highest BCUT2D eigenvalue weighted by Gasteiger charge is 2.44. The third kappa shape index (κ3) is 5.88. The second-order valence-corrected chi connectivity index (χ2v) is 15.7. The van der Waals surface area contributed by atoms with Gasteiger partial charge in [-0.3, -0.25) is 4.79 Å². The zero-order chi connectivity index (χ0) is 31.2. The van der Waals surface area contributed by atoms with E-state index in [1.165, 1.54) is 18.2 Å². The summed E-state index contributed by atoms with van der Waals surface area (Å²) in [5, 5.41) is 11.0. The molecule has 0 saturated heterocycles. The Morgan fingerprint density at radius 2 is 2.00 bits per heavy atom. The van der Waals surface area contributed by atoms with Gasteiger partial charge in [0.15, 0.2) is 0 Å². The van der Waals surface area contributed by atoms with E-state index in [0.29, 0.717) is 31.9 Å². The van der Waals surface area contributed by atoms with Crippen molar-refractivity contribution in [1.29, 1.82) is 0 Å². The highest BCUT2D eigenvalue weighted by atomic mass is 35.5. The number of anilines is 1. The Hall–Kier alpha value is -2.59. The molecule has 1 unspecified atom stereocenters. The van der Waals surface area contributed by atoms with E-state index in [2.05, 4.69) is 21.8 Å². The summed E-state index contributed by atoms with van der Waals surface area (Å²) >= 11 is 6.40. The third-order valence-electron chi connectivity index (χ3n) is 10.3. The Labute approximate surface area is 265 Å². The summed E-state index contributed by atoms with van der Waals surface area (Å²) < 4.78 is 41.8. The van der Waals surface area contributed by atoms with Gasteiger partial charge < -0.3 is 19.5 Å². The molecule has 2 aromatic carbocycles. The number of aryl methyl sites for hydroxylation is 1. The van der Waals surface area contributed by atoms with E-state index in [9.17, 15) is 18.3 Å². The quantitative estimate of drug-likeness (QED) is 0.431. The number of nitrogens with one attached hydrogen (secondary N) is 1. The molecule has 2 N–H and O–H groups in total. The Balaban J connectivity index is 1.43. The van der Waals surface area contributed by atoms with Crippen LogP contribution in [-0.2, 0) is 26.6 Å². The van der Waals surface area contributed by atoms with Crippen LogP contribution < -0.4 is 14.4 Å². The monoisotopic (exact) mass is 642 g/mol. The molecule has 6 atom stereocenters. The van der Waals surface area contributed by atoms with Crippen molar-refractivity contribution < 1.29 is 27.8 Å². The van der Waals surface area contributed by atoms with Gasteiger partial charge in [-0.2, -0.15) is 0 Å². The van der Waals surface area contributed by atoms with Gasteiger partial charge in [0.25, 0.3) is 5.91 Å². The van der Waals surface area contributed by atoms with Gasteiger partial charge in [0.1, 0.15) is 11.0 Å². The fourth-order valence-electron chi connectivity index (χ4n) is 7.91. The van der Waals surface area contributed by atoms with E-state index in [-0.39, 0.29) is 28.7 Å². The Morgan fingerprint density at radius 3 is 2.73 bits per heavy atom. The molecular weight excluding hydrogens is 600 g/mol. The Kier molecular flexibility index (Phi) is 8.78. The van der Waals surface area contributed by atoms with E-state index in [1.54, 1.807) is 38.1 Å². The van der Waals surface area contributed by atoms with Gasteiger partial charge in [-0.05, 0) is 97.7 Å². The van der Waals surface area contributed by atoms with Gasteiger partial charge in [-0.1, -0.05) is 43.7 Å². The first-order valence-electron chi connectivity index (χ1n) is 15.8. The topological polar surface area (TPSA) is 105 Å². The average molecular weight is 643 g/mol. The maximum absolute atomic E-state index is 13.6. The molecule has 2 aromatic rings. The maximum atomic E-state index is 13.6. The summed E-state index contributed by atoms with van der Waals surface area (Å²) in [4.78, 5) is 15.9. The molecule has 2 heterocycles. The van der Waals surface area contributed by atoms with Crippen molar-refractivity contribution in [3.8, 4) is 5.75 Å². The highest BCUT2D eigenvalue weighted by molar-refractivity contribution is 7.90. The summed E-state index contributed by atoms with van der Waals surface area (Å²) in [6.07, 6.45) is 7.43. The van der Waals surface area contributed by atoms with Gasteiger partial charge in [-0.15, -0.1) is 0 Å². The number of rotatable bonds is 2. The number of halogens is 1. The molecule has 1 fully saturated rings. The minimum Gasteiger partial charge on any atom is -0.490 e. The van der Waals surface area contributed by atoms with Gasteiger partial charge in [0.05, 0.1) is 24.5 Å². The number of hydrogen-bond acceptors (Lipinski definition) is 7. The molecule has 2 bridgehead atoms. The molecule has 44 heavy (non-hydrogen) atoms. The predicted molar refractivity (Wildman–Crippen MR) is 172 cm³/mol. The molecule has 0 aromatic heterocycles. The van der Waals surface area contributed by atoms with E-state index in [4.69, 9.17) is 21.1 Å². The Bertz CT molecular complexity index is 1540. The summed E-state index contributed by atoms with van der Waals surface area (Å²) in [6.45, 7) is 5.47. The van der Waals surface area contributed by atoms with Crippen LogP contribution >= 0.6 is 11.6 Å². The molecule has 2 aliphatic heterocycles. The average Bonchev–Trinajstić information content (AvgIpc) is 3.10. The number of nitrogens with zero attached hydrogens (tertiary/aromatic N) is 1. The third-order valence-corrected chi connectivity index (χ3v) is 12.6. The first-order chi connectivity index (χ1) is 21.0. The van der Waals surface area contributed by atoms with E-state index >= 15 is 0 Å². The largest absolute Gasteiger partial charge is 0.490 e. The SMILES string of the molecule is CO[C@@H]1C/C=C/[C@H](O)C2CC[C@H]2CN2C[C@@]3(CCCc4cc(Cl)ccc43)COc3ccc(cc32)C(=O)NS(=O)(=O)[C@H]1C(C)C. The van der Waals surface area contributed by atoms with Crippen molar-refractivity contribution in [1.82, 2.24) is 4.72 Å². The zero-order valence-corrected chi connectivity index (χ0v) is 27.2. The molecule has 0 radical (unpaired) electrons. The number of hydrogen-bond donors (Lipinski definition) is 2. The van der Waals surface area contributed by atoms with Crippen LogP contribution in [0.4, 0.5) is 5.69 Å². The van der Waals surface area contributed by atoms with Gasteiger partial charge in [0.2, 0.25) is 10.0 Å². The zero-order valence-electron chi connectivity index (χ0n) is 25.7. The molecule has 2 aliphatic carbocycles. The predicted octanol–water partition coefficient (Wildman–Crippen LogP) is 5.26. The summed E-state index contributed by atoms with van der Waals surface area (Å²) in [5.74, 6) is -0.00166. The van der Waals surface area contributed by atoms with Crippen LogP contribution in [0.3, 0.4) is 0 Å². The van der Waals surface area contributed by atoms with Crippen LogP contribution in [0.5, 0.6) is 5.75 Å². The molecule has 10 heteroatoms. The lowest BCUT2D eigenvalue weighted by atomic mass is 9.68. The molecule has 4 aliphatic rings. The number of amides is 1. The van der Waals surface area contributed by atoms with Crippen LogP contribution in [0.1, 0.15) is 67.4 Å². The summed E-state index contributed by atoms with van der Waals surface area (Å²) in [5.41, 5.74) is 3.24. The fraction of sp³-hybridized carbons (Fsp3) is 0.559.